The maximum atomic E-state index is 12.1. The first-order chi connectivity index (χ1) is 8.13. The summed E-state index contributed by atoms with van der Waals surface area (Å²) >= 11 is 5.94. The van der Waals surface area contributed by atoms with Crippen LogP contribution in [0.15, 0.2) is 24.3 Å². The topological polar surface area (TPSA) is 35.6 Å². The lowest BCUT2D eigenvalue weighted by Gasteiger charge is -2.16. The second-order valence-electron chi connectivity index (χ2n) is 4.20. The summed E-state index contributed by atoms with van der Waals surface area (Å²) in [5.74, 6) is 0. The molecule has 0 radical (unpaired) electrons. The fraction of sp³-hybridized carbons (Fsp3) is 0.417. The number of anilines is 1. The third kappa shape index (κ3) is 2.37. The lowest BCUT2D eigenvalue weighted by atomic mass is 10.2. The molecular weight excluding hydrogens is 238 g/mol. The normalized spacial score (nSPS) is 20.2. The molecule has 1 saturated heterocycles. The summed E-state index contributed by atoms with van der Waals surface area (Å²) in [6, 6.07) is 7.60. The highest BCUT2D eigenvalue weighted by Crippen LogP contribution is 2.25. The van der Waals surface area contributed by atoms with Gasteiger partial charge in [0.05, 0.1) is 6.04 Å². The minimum Gasteiger partial charge on any atom is -0.321 e. The Labute approximate surface area is 106 Å². The van der Waals surface area contributed by atoms with Crippen LogP contribution >= 0.6 is 11.6 Å². The zero-order valence-corrected chi connectivity index (χ0v) is 10.7. The van der Waals surface area contributed by atoms with E-state index < -0.39 is 0 Å². The summed E-state index contributed by atoms with van der Waals surface area (Å²) in [5, 5.41) is 3.75. The Morgan fingerprint density at radius 3 is 2.94 bits per heavy atom. The molecule has 1 aliphatic heterocycles. The van der Waals surface area contributed by atoms with Crippen molar-refractivity contribution in [2.75, 3.05) is 32.1 Å². The van der Waals surface area contributed by atoms with E-state index in [-0.39, 0.29) is 12.1 Å². The van der Waals surface area contributed by atoms with E-state index in [1.807, 2.05) is 32.3 Å². The number of likely N-dealkylation sites (N-methyl/N-ethyl adjacent to an activating group) is 2. The average molecular weight is 254 g/mol. The number of carbonyl (C=O) groups excluding carboxylic acids is 1. The number of nitrogens with zero attached hydrogens (tertiary/aromatic N) is 2. The maximum absolute atomic E-state index is 12.1. The molecule has 92 valence electrons. The third-order valence-electron chi connectivity index (χ3n) is 3.03. The second-order valence-corrected chi connectivity index (χ2v) is 4.63. The smallest absolute Gasteiger partial charge is 0.321 e. The van der Waals surface area contributed by atoms with E-state index in [1.165, 1.54) is 0 Å². The molecule has 0 aliphatic carbocycles. The van der Waals surface area contributed by atoms with Crippen LogP contribution in [-0.4, -0.2) is 44.2 Å². The van der Waals surface area contributed by atoms with Gasteiger partial charge in [-0.2, -0.15) is 0 Å². The molecule has 0 bridgehead atoms. The van der Waals surface area contributed by atoms with Crippen LogP contribution in [0, 0.1) is 0 Å². The van der Waals surface area contributed by atoms with Crippen LogP contribution in [0.2, 0.25) is 5.02 Å². The van der Waals surface area contributed by atoms with Gasteiger partial charge in [-0.15, -0.1) is 0 Å². The van der Waals surface area contributed by atoms with Crippen molar-refractivity contribution in [1.82, 2.24) is 10.2 Å². The fourth-order valence-corrected chi connectivity index (χ4v) is 2.24. The van der Waals surface area contributed by atoms with Crippen molar-refractivity contribution in [2.45, 2.75) is 6.04 Å². The van der Waals surface area contributed by atoms with Gasteiger partial charge in [-0.1, -0.05) is 17.7 Å². The molecule has 1 aliphatic rings. The van der Waals surface area contributed by atoms with Crippen molar-refractivity contribution in [3.05, 3.63) is 29.3 Å². The quantitative estimate of drug-likeness (QED) is 0.892. The predicted molar refractivity (Wildman–Crippen MR) is 69.7 cm³/mol. The van der Waals surface area contributed by atoms with Crippen LogP contribution in [0.5, 0.6) is 0 Å². The average Bonchev–Trinajstić information content (AvgIpc) is 2.58. The van der Waals surface area contributed by atoms with Crippen molar-refractivity contribution >= 4 is 23.3 Å². The van der Waals surface area contributed by atoms with Crippen LogP contribution in [0.1, 0.15) is 0 Å². The molecule has 5 heteroatoms. The Hall–Kier alpha value is -1.26. The summed E-state index contributed by atoms with van der Waals surface area (Å²) in [5.41, 5.74) is 0.855. The molecule has 0 spiro atoms. The molecule has 1 N–H and O–H groups in total. The summed E-state index contributed by atoms with van der Waals surface area (Å²) in [4.78, 5) is 15.6. The zero-order chi connectivity index (χ0) is 12.4. The van der Waals surface area contributed by atoms with E-state index in [9.17, 15) is 4.79 Å². The van der Waals surface area contributed by atoms with Crippen molar-refractivity contribution in [1.29, 1.82) is 0 Å². The summed E-state index contributed by atoms with van der Waals surface area (Å²) in [7, 11) is 3.72. The van der Waals surface area contributed by atoms with E-state index in [0.29, 0.717) is 11.6 Å². The Balaban J connectivity index is 2.20. The number of hydrogen-bond acceptors (Lipinski definition) is 2. The van der Waals surface area contributed by atoms with Gasteiger partial charge in [0.25, 0.3) is 0 Å². The number of amides is 2. The van der Waals surface area contributed by atoms with Gasteiger partial charge in [0.15, 0.2) is 0 Å². The molecule has 1 heterocycles. The van der Waals surface area contributed by atoms with Crippen molar-refractivity contribution < 1.29 is 4.79 Å². The first kappa shape index (κ1) is 12.2. The highest BCUT2D eigenvalue weighted by molar-refractivity contribution is 6.30. The van der Waals surface area contributed by atoms with E-state index in [1.54, 1.807) is 15.9 Å². The number of urea groups is 1. The van der Waals surface area contributed by atoms with Gasteiger partial charge >= 0.3 is 6.03 Å². The van der Waals surface area contributed by atoms with Crippen molar-refractivity contribution in [2.24, 2.45) is 0 Å². The van der Waals surface area contributed by atoms with Gasteiger partial charge in [0.2, 0.25) is 0 Å². The zero-order valence-electron chi connectivity index (χ0n) is 9.98. The third-order valence-corrected chi connectivity index (χ3v) is 3.27. The van der Waals surface area contributed by atoms with Gasteiger partial charge in [-0.05, 0) is 25.2 Å². The molecule has 0 aromatic heterocycles. The Morgan fingerprint density at radius 1 is 1.53 bits per heavy atom. The van der Waals surface area contributed by atoms with E-state index in [4.69, 9.17) is 11.6 Å². The lowest BCUT2D eigenvalue weighted by molar-refractivity contribution is 0.218. The molecule has 17 heavy (non-hydrogen) atoms. The number of halogens is 1. The highest BCUT2D eigenvalue weighted by Gasteiger charge is 2.34. The van der Waals surface area contributed by atoms with Gasteiger partial charge in [0.1, 0.15) is 0 Å². The Kier molecular flexibility index (Phi) is 3.54. The SMILES string of the molecule is CNCC1CN(c2cccc(Cl)c2)C(=O)N1C. The first-order valence-corrected chi connectivity index (χ1v) is 5.95. The monoisotopic (exact) mass is 253 g/mol. The van der Waals surface area contributed by atoms with E-state index in [0.717, 1.165) is 12.2 Å². The van der Waals surface area contributed by atoms with Gasteiger partial charge in [-0.25, -0.2) is 4.79 Å². The minimum absolute atomic E-state index is 0.0208. The van der Waals surface area contributed by atoms with Crippen LogP contribution < -0.4 is 10.2 Å². The molecule has 1 unspecified atom stereocenters. The van der Waals surface area contributed by atoms with Gasteiger partial charge in [0, 0.05) is 30.8 Å². The first-order valence-electron chi connectivity index (χ1n) is 5.58. The van der Waals surface area contributed by atoms with Crippen LogP contribution in [0.4, 0.5) is 10.5 Å². The number of rotatable bonds is 3. The molecule has 1 fully saturated rings. The summed E-state index contributed by atoms with van der Waals surface area (Å²) in [6.07, 6.45) is 0. The van der Waals surface area contributed by atoms with Crippen molar-refractivity contribution in [3.8, 4) is 0 Å². The van der Waals surface area contributed by atoms with Gasteiger partial charge < -0.3 is 10.2 Å². The van der Waals surface area contributed by atoms with Crippen molar-refractivity contribution in [3.63, 3.8) is 0 Å². The predicted octanol–water partition coefficient (Wildman–Crippen LogP) is 1.80. The molecule has 1 aromatic carbocycles. The fourth-order valence-electron chi connectivity index (χ4n) is 2.05. The van der Waals surface area contributed by atoms with Gasteiger partial charge in [-0.3, -0.25) is 4.90 Å². The van der Waals surface area contributed by atoms with Crippen LogP contribution in [0.3, 0.4) is 0 Å². The summed E-state index contributed by atoms with van der Waals surface area (Å²) < 4.78 is 0. The number of hydrogen-bond donors (Lipinski definition) is 1. The maximum Gasteiger partial charge on any atom is 0.324 e. The summed E-state index contributed by atoms with van der Waals surface area (Å²) in [6.45, 7) is 1.48. The number of benzene rings is 1. The van der Waals surface area contributed by atoms with E-state index in [2.05, 4.69) is 5.32 Å². The molecule has 1 atom stereocenters. The largest absolute Gasteiger partial charge is 0.324 e. The number of nitrogens with one attached hydrogen (secondary N) is 1. The van der Waals surface area contributed by atoms with Crippen LogP contribution in [-0.2, 0) is 0 Å². The molecule has 4 nitrogen and oxygen atoms in total. The molecule has 2 amide bonds. The highest BCUT2D eigenvalue weighted by atomic mass is 35.5. The molecular formula is C12H16ClN3O. The van der Waals surface area contributed by atoms with E-state index >= 15 is 0 Å². The molecule has 1 aromatic rings. The standard InChI is InChI=1S/C12H16ClN3O/c1-14-7-11-8-16(12(17)15(11)2)10-5-3-4-9(13)6-10/h3-6,11,14H,7-8H2,1-2H3. The Bertz CT molecular complexity index is 424. The second kappa shape index (κ2) is 4.94. The molecule has 2 rings (SSSR count). The Morgan fingerprint density at radius 2 is 2.29 bits per heavy atom. The minimum atomic E-state index is 0.0208. The number of carbonyl (C=O) groups is 1. The van der Waals surface area contributed by atoms with Crippen LogP contribution in [0.25, 0.3) is 0 Å². The lowest BCUT2D eigenvalue weighted by Crippen LogP contribution is -2.37. The molecule has 0 saturated carbocycles.